The van der Waals surface area contributed by atoms with Gasteiger partial charge in [0.15, 0.2) is 0 Å². The predicted octanol–water partition coefficient (Wildman–Crippen LogP) is 4.64. The van der Waals surface area contributed by atoms with Gasteiger partial charge in [-0.2, -0.15) is 18.3 Å². The topological polar surface area (TPSA) is 123 Å². The number of rotatable bonds is 5. The molecule has 4 rings (SSSR count). The minimum atomic E-state index is -4.45. The van der Waals surface area contributed by atoms with Gasteiger partial charge in [-0.15, -0.1) is 0 Å². The van der Waals surface area contributed by atoms with E-state index in [1.54, 1.807) is 24.4 Å². The van der Waals surface area contributed by atoms with Crippen molar-refractivity contribution in [2.75, 3.05) is 11.1 Å². The largest absolute Gasteiger partial charge is 0.408 e. The normalized spacial score (nSPS) is 12.6. The second-order valence-electron chi connectivity index (χ2n) is 7.72. The van der Waals surface area contributed by atoms with E-state index in [4.69, 9.17) is 11.5 Å². The van der Waals surface area contributed by atoms with Gasteiger partial charge in [0.2, 0.25) is 0 Å². The molecule has 4 aromatic rings. The van der Waals surface area contributed by atoms with Crippen LogP contribution in [0.4, 0.5) is 24.5 Å². The number of aryl methyl sites for hydroxylation is 1. The maximum atomic E-state index is 13.2. The minimum Gasteiger partial charge on any atom is -0.396 e. The number of carbonyl (C=O) groups is 1. The lowest BCUT2D eigenvalue weighted by atomic mass is 9.96. The van der Waals surface area contributed by atoms with E-state index in [9.17, 15) is 18.0 Å². The first-order chi connectivity index (χ1) is 15.6. The molecule has 0 aliphatic carbocycles. The highest BCUT2D eigenvalue weighted by Crippen LogP contribution is 2.38. The number of para-hydroxylation sites is 1. The molecule has 0 fully saturated rings. The first kappa shape index (κ1) is 22.1. The zero-order valence-corrected chi connectivity index (χ0v) is 17.8. The van der Waals surface area contributed by atoms with E-state index in [0.717, 1.165) is 23.4 Å². The van der Waals surface area contributed by atoms with E-state index >= 15 is 0 Å². The van der Waals surface area contributed by atoms with Gasteiger partial charge in [0.1, 0.15) is 6.04 Å². The van der Waals surface area contributed by atoms with Crippen molar-refractivity contribution in [3.63, 3.8) is 0 Å². The number of primary amides is 1. The van der Waals surface area contributed by atoms with Crippen LogP contribution in [-0.2, 0) is 0 Å². The van der Waals surface area contributed by atoms with E-state index in [2.05, 4.69) is 20.5 Å². The molecule has 0 saturated carbocycles. The number of pyridine rings is 1. The third kappa shape index (κ3) is 4.07. The maximum absolute atomic E-state index is 13.2. The standard InChI is InChI=1S/C23H21F3N6O/c1-11-7-8-17-15(10-29-32-17)19(11)21-20(27)14(22(28)33)9-18(31-21)13-5-3-4-6-16(13)30-12(2)23(24,25)26/h3-10,12,30H,27H2,1-2H3,(H2,28,33)(H,29,32). The molecule has 7 nitrogen and oxygen atoms in total. The van der Waals surface area contributed by atoms with Gasteiger partial charge in [0.05, 0.1) is 34.4 Å². The molecule has 2 aromatic carbocycles. The lowest BCUT2D eigenvalue weighted by Gasteiger charge is -2.21. The Morgan fingerprint density at radius 3 is 2.61 bits per heavy atom. The molecule has 1 unspecified atom stereocenters. The summed E-state index contributed by atoms with van der Waals surface area (Å²) in [7, 11) is 0. The highest BCUT2D eigenvalue weighted by molar-refractivity contribution is 6.06. The fourth-order valence-electron chi connectivity index (χ4n) is 3.68. The van der Waals surface area contributed by atoms with E-state index in [1.165, 1.54) is 12.1 Å². The van der Waals surface area contributed by atoms with Gasteiger partial charge in [-0.3, -0.25) is 9.89 Å². The molecule has 0 aliphatic rings. The minimum absolute atomic E-state index is 0.0218. The summed E-state index contributed by atoms with van der Waals surface area (Å²) in [6, 6.07) is 9.71. The van der Waals surface area contributed by atoms with E-state index in [0.29, 0.717) is 16.8 Å². The summed E-state index contributed by atoms with van der Waals surface area (Å²) in [5.41, 5.74) is 15.3. The SMILES string of the molecule is Cc1ccc2[nH]ncc2c1-c1nc(-c2ccccc2NC(C)C(F)(F)F)cc(C(N)=O)c1N. The lowest BCUT2D eigenvalue weighted by Crippen LogP contribution is -2.33. The molecular formula is C23H21F3N6O. The van der Waals surface area contributed by atoms with Crippen molar-refractivity contribution in [1.82, 2.24) is 15.2 Å². The average molecular weight is 454 g/mol. The molecule has 0 bridgehead atoms. The smallest absolute Gasteiger partial charge is 0.396 e. The van der Waals surface area contributed by atoms with Crippen molar-refractivity contribution < 1.29 is 18.0 Å². The van der Waals surface area contributed by atoms with Crippen molar-refractivity contribution in [2.45, 2.75) is 26.1 Å². The molecule has 1 atom stereocenters. The summed E-state index contributed by atoms with van der Waals surface area (Å²) in [6.07, 6.45) is -2.82. The van der Waals surface area contributed by atoms with Gasteiger partial charge < -0.3 is 16.8 Å². The number of anilines is 2. The van der Waals surface area contributed by atoms with Crippen LogP contribution in [0.25, 0.3) is 33.4 Å². The van der Waals surface area contributed by atoms with Crippen LogP contribution in [0, 0.1) is 6.92 Å². The molecule has 0 radical (unpaired) electrons. The second-order valence-corrected chi connectivity index (χ2v) is 7.72. The van der Waals surface area contributed by atoms with Crippen LogP contribution in [0.1, 0.15) is 22.8 Å². The number of carbonyl (C=O) groups excluding carboxylic acids is 1. The van der Waals surface area contributed by atoms with Crippen molar-refractivity contribution in [3.8, 4) is 22.5 Å². The van der Waals surface area contributed by atoms with Crippen molar-refractivity contribution >= 4 is 28.2 Å². The number of fused-ring (bicyclic) bond motifs is 1. The van der Waals surface area contributed by atoms with Gasteiger partial charge >= 0.3 is 6.18 Å². The van der Waals surface area contributed by atoms with Crippen molar-refractivity contribution in [1.29, 1.82) is 0 Å². The monoisotopic (exact) mass is 454 g/mol. The number of nitrogens with zero attached hydrogens (tertiary/aromatic N) is 2. The third-order valence-corrected chi connectivity index (χ3v) is 5.46. The predicted molar refractivity (Wildman–Crippen MR) is 122 cm³/mol. The molecular weight excluding hydrogens is 433 g/mol. The molecule has 0 saturated heterocycles. The molecule has 0 aliphatic heterocycles. The number of nitrogens with one attached hydrogen (secondary N) is 2. The van der Waals surface area contributed by atoms with Gasteiger partial charge in [0.25, 0.3) is 5.91 Å². The fourth-order valence-corrected chi connectivity index (χ4v) is 3.68. The zero-order chi connectivity index (χ0) is 23.9. The summed E-state index contributed by atoms with van der Waals surface area (Å²) in [5, 5.41) is 10.2. The van der Waals surface area contributed by atoms with Crippen LogP contribution >= 0.6 is 0 Å². The Hall–Kier alpha value is -4.08. The quantitative estimate of drug-likeness (QED) is 0.350. The van der Waals surface area contributed by atoms with Crippen molar-refractivity contribution in [3.05, 3.63) is 59.8 Å². The number of aromatic amines is 1. The molecule has 170 valence electrons. The average Bonchev–Trinajstić information content (AvgIpc) is 3.22. The molecule has 6 N–H and O–H groups in total. The van der Waals surface area contributed by atoms with E-state index in [1.807, 2.05) is 19.1 Å². The number of hydrogen-bond donors (Lipinski definition) is 4. The summed E-state index contributed by atoms with van der Waals surface area (Å²) < 4.78 is 39.5. The van der Waals surface area contributed by atoms with Gasteiger partial charge in [-0.1, -0.05) is 24.3 Å². The Morgan fingerprint density at radius 1 is 1.18 bits per heavy atom. The third-order valence-electron chi connectivity index (χ3n) is 5.46. The molecule has 2 aromatic heterocycles. The van der Waals surface area contributed by atoms with Crippen LogP contribution in [0.5, 0.6) is 0 Å². The Morgan fingerprint density at radius 2 is 1.91 bits per heavy atom. The number of hydrogen-bond acceptors (Lipinski definition) is 5. The Bertz CT molecular complexity index is 1360. The fraction of sp³-hybridized carbons (Fsp3) is 0.174. The van der Waals surface area contributed by atoms with Crippen LogP contribution < -0.4 is 16.8 Å². The number of H-pyrrole nitrogens is 1. The Kier molecular flexibility index (Phi) is 5.44. The van der Waals surface area contributed by atoms with Crippen LogP contribution in [0.2, 0.25) is 0 Å². The van der Waals surface area contributed by atoms with Crippen LogP contribution in [-0.4, -0.2) is 33.3 Å². The molecule has 2 heterocycles. The number of alkyl halides is 3. The molecule has 0 spiro atoms. The first-order valence-corrected chi connectivity index (χ1v) is 10.0. The Labute approximate surface area is 187 Å². The number of benzene rings is 2. The number of halogens is 3. The highest BCUT2D eigenvalue weighted by atomic mass is 19.4. The second kappa shape index (κ2) is 8.12. The molecule has 1 amide bonds. The summed E-state index contributed by atoms with van der Waals surface area (Å²) in [6.45, 7) is 2.89. The van der Waals surface area contributed by atoms with Crippen molar-refractivity contribution in [2.24, 2.45) is 5.73 Å². The molecule has 10 heteroatoms. The zero-order valence-electron chi connectivity index (χ0n) is 17.8. The number of aromatic nitrogens is 3. The number of nitrogens with two attached hydrogens (primary N) is 2. The van der Waals surface area contributed by atoms with E-state index < -0.39 is 18.1 Å². The van der Waals surface area contributed by atoms with Crippen LogP contribution in [0.15, 0.2) is 48.7 Å². The number of amides is 1. The summed E-state index contributed by atoms with van der Waals surface area (Å²) >= 11 is 0. The lowest BCUT2D eigenvalue weighted by molar-refractivity contribution is -0.138. The first-order valence-electron chi connectivity index (χ1n) is 10.0. The van der Waals surface area contributed by atoms with E-state index in [-0.39, 0.29) is 22.6 Å². The highest BCUT2D eigenvalue weighted by Gasteiger charge is 2.36. The molecule has 33 heavy (non-hydrogen) atoms. The Balaban J connectivity index is 1.96. The number of nitrogen functional groups attached to an aromatic ring is 1. The maximum Gasteiger partial charge on any atom is 0.408 e. The van der Waals surface area contributed by atoms with Gasteiger partial charge in [-0.05, 0) is 37.6 Å². The summed E-state index contributed by atoms with van der Waals surface area (Å²) in [5.74, 6) is -0.775. The van der Waals surface area contributed by atoms with Crippen LogP contribution in [0.3, 0.4) is 0 Å². The van der Waals surface area contributed by atoms with Gasteiger partial charge in [0, 0.05) is 22.2 Å². The summed E-state index contributed by atoms with van der Waals surface area (Å²) in [4.78, 5) is 16.9. The van der Waals surface area contributed by atoms with Gasteiger partial charge in [-0.25, -0.2) is 4.98 Å².